The number of rotatable bonds is 5. The molecule has 0 aliphatic carbocycles. The van der Waals surface area contributed by atoms with Gasteiger partial charge >= 0.3 is 12.2 Å². The number of anilines is 1. The number of amides is 2. The molecule has 0 atom stereocenters. The standard InChI is InChI=1S/C22H15ClF3N3O2/c23-20-10-3-15(11-19(20)22(24,25)26)13-28-21(30)29-16-4-8-18(9-5-16)31-17-6-1-14(12-27)2-7-17/h1-11H,13H2,(H2,28,29,30). The van der Waals surface area contributed by atoms with Crippen LogP contribution in [0.1, 0.15) is 16.7 Å². The van der Waals surface area contributed by atoms with E-state index < -0.39 is 22.8 Å². The number of carbonyl (C=O) groups is 1. The summed E-state index contributed by atoms with van der Waals surface area (Å²) < 4.78 is 44.4. The van der Waals surface area contributed by atoms with E-state index in [4.69, 9.17) is 21.6 Å². The molecule has 158 valence electrons. The van der Waals surface area contributed by atoms with Gasteiger partial charge in [0.05, 0.1) is 22.2 Å². The van der Waals surface area contributed by atoms with Gasteiger partial charge in [-0.1, -0.05) is 17.7 Å². The lowest BCUT2D eigenvalue weighted by Gasteiger charge is -2.12. The van der Waals surface area contributed by atoms with E-state index >= 15 is 0 Å². The largest absolute Gasteiger partial charge is 0.457 e. The van der Waals surface area contributed by atoms with Crippen molar-refractivity contribution >= 4 is 23.3 Å². The zero-order valence-electron chi connectivity index (χ0n) is 15.8. The van der Waals surface area contributed by atoms with Crippen LogP contribution in [0.4, 0.5) is 23.7 Å². The van der Waals surface area contributed by atoms with E-state index in [0.717, 1.165) is 12.1 Å². The van der Waals surface area contributed by atoms with Crippen LogP contribution in [0.2, 0.25) is 5.02 Å². The van der Waals surface area contributed by atoms with Crippen molar-refractivity contribution in [2.75, 3.05) is 5.32 Å². The highest BCUT2D eigenvalue weighted by Crippen LogP contribution is 2.35. The summed E-state index contributed by atoms with van der Waals surface area (Å²) in [6, 6.07) is 18.0. The quantitative estimate of drug-likeness (QED) is 0.481. The highest BCUT2D eigenvalue weighted by atomic mass is 35.5. The van der Waals surface area contributed by atoms with Gasteiger partial charge in [-0.2, -0.15) is 18.4 Å². The molecule has 31 heavy (non-hydrogen) atoms. The fourth-order valence-corrected chi connectivity index (χ4v) is 2.82. The second-order valence-electron chi connectivity index (χ2n) is 6.38. The van der Waals surface area contributed by atoms with Gasteiger partial charge in [0.1, 0.15) is 11.5 Å². The predicted molar refractivity (Wildman–Crippen MR) is 110 cm³/mol. The molecule has 5 nitrogen and oxygen atoms in total. The monoisotopic (exact) mass is 445 g/mol. The minimum Gasteiger partial charge on any atom is -0.457 e. The summed E-state index contributed by atoms with van der Waals surface area (Å²) in [4.78, 5) is 12.0. The van der Waals surface area contributed by atoms with Gasteiger partial charge in [0, 0.05) is 12.2 Å². The molecule has 0 fully saturated rings. The molecule has 3 aromatic carbocycles. The summed E-state index contributed by atoms with van der Waals surface area (Å²) in [6.45, 7) is -0.105. The van der Waals surface area contributed by atoms with Crippen LogP contribution in [0.3, 0.4) is 0 Å². The molecule has 3 rings (SSSR count). The van der Waals surface area contributed by atoms with Crippen LogP contribution in [0.15, 0.2) is 66.7 Å². The summed E-state index contributed by atoms with van der Waals surface area (Å²) >= 11 is 5.59. The van der Waals surface area contributed by atoms with E-state index in [-0.39, 0.29) is 12.1 Å². The van der Waals surface area contributed by atoms with Gasteiger partial charge in [-0.3, -0.25) is 0 Å². The number of halogens is 4. The van der Waals surface area contributed by atoms with Gasteiger partial charge in [-0.15, -0.1) is 0 Å². The van der Waals surface area contributed by atoms with Gasteiger partial charge in [-0.25, -0.2) is 4.79 Å². The first-order valence-electron chi connectivity index (χ1n) is 8.93. The van der Waals surface area contributed by atoms with Crippen molar-refractivity contribution in [2.45, 2.75) is 12.7 Å². The van der Waals surface area contributed by atoms with Crippen molar-refractivity contribution in [1.29, 1.82) is 5.26 Å². The zero-order valence-corrected chi connectivity index (χ0v) is 16.6. The molecule has 0 heterocycles. The first kappa shape index (κ1) is 22.0. The third kappa shape index (κ3) is 6.14. The van der Waals surface area contributed by atoms with Crippen LogP contribution in [0.25, 0.3) is 0 Å². The van der Waals surface area contributed by atoms with E-state index in [1.165, 1.54) is 6.07 Å². The normalized spacial score (nSPS) is 10.8. The Morgan fingerprint density at radius 2 is 1.61 bits per heavy atom. The van der Waals surface area contributed by atoms with Crippen LogP contribution in [-0.2, 0) is 12.7 Å². The van der Waals surface area contributed by atoms with Gasteiger partial charge in [0.2, 0.25) is 0 Å². The zero-order chi connectivity index (χ0) is 22.4. The molecule has 0 unspecified atom stereocenters. The molecule has 0 aliphatic rings. The number of benzene rings is 3. The predicted octanol–water partition coefficient (Wildman–Crippen LogP) is 6.34. The van der Waals surface area contributed by atoms with Crippen molar-refractivity contribution < 1.29 is 22.7 Å². The van der Waals surface area contributed by atoms with Gasteiger partial charge in [-0.05, 0) is 66.2 Å². The van der Waals surface area contributed by atoms with Crippen molar-refractivity contribution in [3.63, 3.8) is 0 Å². The third-order valence-electron chi connectivity index (χ3n) is 4.12. The minimum atomic E-state index is -4.57. The summed E-state index contributed by atoms with van der Waals surface area (Å²) in [6.07, 6.45) is -4.57. The number of nitrogens with one attached hydrogen (secondary N) is 2. The molecule has 0 saturated carbocycles. The lowest BCUT2D eigenvalue weighted by atomic mass is 10.1. The number of nitrogens with zero attached hydrogens (tertiary/aromatic N) is 1. The SMILES string of the molecule is N#Cc1ccc(Oc2ccc(NC(=O)NCc3ccc(Cl)c(C(F)(F)F)c3)cc2)cc1. The highest BCUT2D eigenvalue weighted by Gasteiger charge is 2.33. The topological polar surface area (TPSA) is 74.1 Å². The number of nitriles is 1. The Morgan fingerprint density at radius 1 is 1.00 bits per heavy atom. The average Bonchev–Trinajstić information content (AvgIpc) is 2.74. The molecule has 2 amide bonds. The van der Waals surface area contributed by atoms with E-state index in [9.17, 15) is 18.0 Å². The molecule has 0 spiro atoms. The maximum absolute atomic E-state index is 12.9. The molecule has 0 aromatic heterocycles. The fourth-order valence-electron chi connectivity index (χ4n) is 2.60. The molecule has 3 aromatic rings. The van der Waals surface area contributed by atoms with Crippen LogP contribution in [-0.4, -0.2) is 6.03 Å². The van der Waals surface area contributed by atoms with Crippen LogP contribution in [0, 0.1) is 11.3 Å². The van der Waals surface area contributed by atoms with Gasteiger partial charge in [0.25, 0.3) is 0 Å². The van der Waals surface area contributed by atoms with Crippen molar-refractivity contribution in [3.05, 3.63) is 88.4 Å². The van der Waals surface area contributed by atoms with Crippen LogP contribution < -0.4 is 15.4 Å². The van der Waals surface area contributed by atoms with Crippen molar-refractivity contribution in [1.82, 2.24) is 5.32 Å². The van der Waals surface area contributed by atoms with E-state index in [1.54, 1.807) is 48.5 Å². The summed E-state index contributed by atoms with van der Waals surface area (Å²) in [5.41, 5.74) is 0.299. The number of hydrogen-bond donors (Lipinski definition) is 2. The number of hydrogen-bond acceptors (Lipinski definition) is 3. The van der Waals surface area contributed by atoms with E-state index in [0.29, 0.717) is 22.7 Å². The first-order chi connectivity index (χ1) is 14.7. The van der Waals surface area contributed by atoms with Crippen molar-refractivity contribution in [3.8, 4) is 17.6 Å². The number of ether oxygens (including phenoxy) is 1. The highest BCUT2D eigenvalue weighted by molar-refractivity contribution is 6.31. The number of carbonyl (C=O) groups excluding carboxylic acids is 1. The third-order valence-corrected chi connectivity index (χ3v) is 4.45. The Kier molecular flexibility index (Phi) is 6.68. The second kappa shape index (κ2) is 9.41. The average molecular weight is 446 g/mol. The Balaban J connectivity index is 1.54. The second-order valence-corrected chi connectivity index (χ2v) is 6.79. The summed E-state index contributed by atoms with van der Waals surface area (Å²) in [5.74, 6) is 1.08. The smallest absolute Gasteiger partial charge is 0.417 e. The van der Waals surface area contributed by atoms with E-state index in [2.05, 4.69) is 10.6 Å². The minimum absolute atomic E-state index is 0.105. The fraction of sp³-hybridized carbons (Fsp3) is 0.0909. The van der Waals surface area contributed by atoms with Crippen molar-refractivity contribution in [2.24, 2.45) is 0 Å². The number of alkyl halides is 3. The van der Waals surface area contributed by atoms with E-state index in [1.807, 2.05) is 6.07 Å². The molecule has 0 saturated heterocycles. The lowest BCUT2D eigenvalue weighted by molar-refractivity contribution is -0.137. The van der Waals surface area contributed by atoms with Crippen LogP contribution >= 0.6 is 11.6 Å². The van der Waals surface area contributed by atoms with Gasteiger partial charge < -0.3 is 15.4 Å². The summed E-state index contributed by atoms with van der Waals surface area (Å²) in [7, 11) is 0. The molecule has 9 heteroatoms. The summed E-state index contributed by atoms with van der Waals surface area (Å²) in [5, 5.41) is 13.5. The Hall–Kier alpha value is -3.70. The first-order valence-corrected chi connectivity index (χ1v) is 9.31. The van der Waals surface area contributed by atoms with Gasteiger partial charge in [0.15, 0.2) is 0 Å². The molecule has 0 bridgehead atoms. The Morgan fingerprint density at radius 3 is 2.19 bits per heavy atom. The maximum atomic E-state index is 12.9. The molecule has 0 radical (unpaired) electrons. The Bertz CT molecular complexity index is 1110. The van der Waals surface area contributed by atoms with Crippen LogP contribution in [0.5, 0.6) is 11.5 Å². The lowest BCUT2D eigenvalue weighted by Crippen LogP contribution is -2.28. The molecule has 0 aliphatic heterocycles. The number of urea groups is 1. The molecular formula is C22H15ClF3N3O2. The Labute approximate surface area is 181 Å². The molecule has 2 N–H and O–H groups in total. The maximum Gasteiger partial charge on any atom is 0.417 e. The molecular weight excluding hydrogens is 431 g/mol.